The lowest BCUT2D eigenvalue weighted by atomic mass is 10.1. The van der Waals surface area contributed by atoms with Gasteiger partial charge in [-0.25, -0.2) is 21.9 Å². The zero-order valence-corrected chi connectivity index (χ0v) is 18.3. The van der Waals surface area contributed by atoms with E-state index < -0.39 is 27.2 Å². The molecule has 1 aromatic heterocycles. The summed E-state index contributed by atoms with van der Waals surface area (Å²) in [5.74, 6) is -1.36. The van der Waals surface area contributed by atoms with Crippen LogP contribution in [0.4, 0.5) is 14.5 Å². The maximum Gasteiger partial charge on any atom is 0.296 e. The van der Waals surface area contributed by atoms with Crippen LogP contribution in [0.2, 0.25) is 0 Å². The molecule has 0 saturated heterocycles. The molecule has 3 aromatic rings. The van der Waals surface area contributed by atoms with Crippen LogP contribution in [0, 0.1) is 18.6 Å². The van der Waals surface area contributed by atoms with Crippen LogP contribution in [0.5, 0.6) is 0 Å². The lowest BCUT2D eigenvalue weighted by molar-refractivity contribution is 0.585. The molecule has 0 N–H and O–H groups in total. The average molecular weight is 448 g/mol. The van der Waals surface area contributed by atoms with Crippen LogP contribution in [-0.2, 0) is 22.8 Å². The highest BCUT2D eigenvalue weighted by Crippen LogP contribution is 2.41. The highest BCUT2D eigenvalue weighted by atomic mass is 32.2. The van der Waals surface area contributed by atoms with E-state index in [1.54, 1.807) is 26.1 Å². The summed E-state index contributed by atoms with van der Waals surface area (Å²) in [6.07, 6.45) is 1.81. The Bertz CT molecular complexity index is 1320. The summed E-state index contributed by atoms with van der Waals surface area (Å²) >= 11 is 0. The van der Waals surface area contributed by atoms with Crippen LogP contribution >= 0.6 is 0 Å². The predicted molar refractivity (Wildman–Crippen MR) is 115 cm³/mol. The number of aromatic nitrogens is 2. The van der Waals surface area contributed by atoms with Crippen molar-refractivity contribution >= 4 is 15.7 Å². The van der Waals surface area contributed by atoms with Crippen LogP contribution in [0.15, 0.2) is 47.3 Å². The van der Waals surface area contributed by atoms with Crippen molar-refractivity contribution in [1.29, 1.82) is 0 Å². The molecule has 0 radical (unpaired) electrons. The second-order valence-electron chi connectivity index (χ2n) is 7.87. The van der Waals surface area contributed by atoms with E-state index in [9.17, 15) is 22.0 Å². The number of hydrogen-bond acceptors (Lipinski definition) is 3. The molecular weight excluding hydrogens is 424 g/mol. The molecule has 1 heterocycles. The van der Waals surface area contributed by atoms with Crippen molar-refractivity contribution in [2.45, 2.75) is 31.4 Å². The van der Waals surface area contributed by atoms with Crippen molar-refractivity contribution in [3.8, 4) is 5.69 Å². The summed E-state index contributed by atoms with van der Waals surface area (Å²) in [6.45, 7) is 1.63. The Morgan fingerprint density at radius 2 is 1.77 bits per heavy atom. The molecule has 1 aliphatic carbocycles. The molecule has 164 valence electrons. The summed E-state index contributed by atoms with van der Waals surface area (Å²) in [6, 6.07) is 10.1. The van der Waals surface area contributed by atoms with Crippen molar-refractivity contribution in [1.82, 2.24) is 9.36 Å². The van der Waals surface area contributed by atoms with Gasteiger partial charge >= 0.3 is 0 Å². The van der Waals surface area contributed by atoms with Gasteiger partial charge in [-0.3, -0.25) is 13.8 Å². The SMILES string of the molecule is Cc1c(N(C)S(=O)(=O)Cc2ccccc2F)c(=O)n(-c2ccc(F)c(C3CC3)c2)n1C. The molecule has 0 amide bonds. The van der Waals surface area contributed by atoms with Crippen molar-refractivity contribution in [3.05, 3.63) is 81.3 Å². The van der Waals surface area contributed by atoms with Gasteiger partial charge in [0, 0.05) is 19.7 Å². The summed E-state index contributed by atoms with van der Waals surface area (Å²) < 4.78 is 57.9. The first-order chi connectivity index (χ1) is 14.6. The molecular formula is C22H23F2N3O3S. The average Bonchev–Trinajstić information content (AvgIpc) is 3.53. The van der Waals surface area contributed by atoms with Gasteiger partial charge in [-0.2, -0.15) is 0 Å². The standard InChI is InChI=1S/C22H23F2N3O3S/c1-14-21(26(3)31(29,30)13-16-6-4-5-7-19(16)23)22(28)27(25(14)2)17-10-11-20(24)18(12-17)15-8-9-15/h4-7,10-12,15H,8-9,13H2,1-3H3. The monoisotopic (exact) mass is 447 g/mol. The molecule has 0 spiro atoms. The molecule has 1 saturated carbocycles. The van der Waals surface area contributed by atoms with E-state index in [0.717, 1.165) is 17.1 Å². The molecule has 0 atom stereocenters. The molecule has 6 nitrogen and oxygen atoms in total. The minimum absolute atomic E-state index is 0.0240. The van der Waals surface area contributed by atoms with Crippen LogP contribution < -0.4 is 9.86 Å². The third-order valence-corrected chi connectivity index (χ3v) is 7.49. The second-order valence-corrected chi connectivity index (χ2v) is 9.87. The van der Waals surface area contributed by atoms with Crippen molar-refractivity contribution in [3.63, 3.8) is 0 Å². The lowest BCUT2D eigenvalue weighted by Crippen LogP contribution is -2.33. The fourth-order valence-corrected chi connectivity index (χ4v) is 5.07. The zero-order valence-electron chi connectivity index (χ0n) is 17.5. The number of hydrogen-bond donors (Lipinski definition) is 0. The first-order valence-corrected chi connectivity index (χ1v) is 11.5. The maximum atomic E-state index is 14.2. The van der Waals surface area contributed by atoms with Crippen molar-refractivity contribution < 1.29 is 17.2 Å². The number of benzene rings is 2. The van der Waals surface area contributed by atoms with Crippen LogP contribution in [0.25, 0.3) is 5.69 Å². The number of rotatable bonds is 6. The van der Waals surface area contributed by atoms with Crippen molar-refractivity contribution in [2.24, 2.45) is 7.05 Å². The van der Waals surface area contributed by atoms with Crippen LogP contribution in [0.3, 0.4) is 0 Å². The predicted octanol–water partition coefficient (Wildman–Crippen LogP) is 3.61. The van der Waals surface area contributed by atoms with Gasteiger partial charge in [-0.1, -0.05) is 18.2 Å². The topological polar surface area (TPSA) is 64.3 Å². The molecule has 0 aliphatic heterocycles. The van der Waals surface area contributed by atoms with E-state index in [-0.39, 0.29) is 23.0 Å². The van der Waals surface area contributed by atoms with Crippen molar-refractivity contribution in [2.75, 3.05) is 11.4 Å². The van der Waals surface area contributed by atoms with Gasteiger partial charge in [0.15, 0.2) is 0 Å². The zero-order chi connectivity index (χ0) is 22.5. The van der Waals surface area contributed by atoms with E-state index >= 15 is 0 Å². The largest absolute Gasteiger partial charge is 0.296 e. The van der Waals surface area contributed by atoms with Gasteiger partial charge < -0.3 is 0 Å². The Kier molecular flexibility index (Phi) is 5.25. The fourth-order valence-electron chi connectivity index (χ4n) is 3.77. The Morgan fingerprint density at radius 1 is 1.10 bits per heavy atom. The minimum Gasteiger partial charge on any atom is -0.283 e. The van der Waals surface area contributed by atoms with Crippen LogP contribution in [-0.4, -0.2) is 24.8 Å². The lowest BCUT2D eigenvalue weighted by Gasteiger charge is -2.18. The molecule has 31 heavy (non-hydrogen) atoms. The maximum absolute atomic E-state index is 14.2. The Hall–Kier alpha value is -2.94. The highest BCUT2D eigenvalue weighted by molar-refractivity contribution is 7.92. The fraction of sp³-hybridized carbons (Fsp3) is 0.318. The van der Waals surface area contributed by atoms with Gasteiger partial charge in [0.25, 0.3) is 5.56 Å². The summed E-state index contributed by atoms with van der Waals surface area (Å²) in [5, 5.41) is 0. The second kappa shape index (κ2) is 7.64. The summed E-state index contributed by atoms with van der Waals surface area (Å²) in [7, 11) is -1.11. The van der Waals surface area contributed by atoms with Gasteiger partial charge in [-0.15, -0.1) is 0 Å². The number of halogens is 2. The highest BCUT2D eigenvalue weighted by Gasteiger charge is 2.30. The summed E-state index contributed by atoms with van der Waals surface area (Å²) in [5.41, 5.74) is 0.886. The van der Waals surface area contributed by atoms with E-state index in [0.29, 0.717) is 16.9 Å². The molecule has 0 unspecified atom stereocenters. The third kappa shape index (κ3) is 3.78. The normalized spacial score (nSPS) is 14.1. The number of sulfonamides is 1. The Morgan fingerprint density at radius 3 is 2.42 bits per heavy atom. The minimum atomic E-state index is -4.03. The van der Waals surface area contributed by atoms with Gasteiger partial charge in [0.1, 0.15) is 17.3 Å². The van der Waals surface area contributed by atoms with Crippen LogP contribution in [0.1, 0.15) is 35.6 Å². The summed E-state index contributed by atoms with van der Waals surface area (Å²) in [4.78, 5) is 13.3. The quantitative estimate of drug-likeness (QED) is 0.580. The molecule has 2 aromatic carbocycles. The molecule has 1 fully saturated rings. The van der Waals surface area contributed by atoms with E-state index in [1.165, 1.54) is 46.7 Å². The molecule has 1 aliphatic rings. The Labute approximate surface area is 179 Å². The molecule has 0 bridgehead atoms. The van der Waals surface area contributed by atoms with Gasteiger partial charge in [0.2, 0.25) is 10.0 Å². The van der Waals surface area contributed by atoms with Gasteiger partial charge in [0.05, 0.1) is 17.1 Å². The first kappa shape index (κ1) is 21.3. The van der Waals surface area contributed by atoms with E-state index in [4.69, 9.17) is 0 Å². The molecule has 9 heteroatoms. The molecule has 4 rings (SSSR count). The van der Waals surface area contributed by atoms with E-state index in [1.807, 2.05) is 0 Å². The van der Waals surface area contributed by atoms with E-state index in [2.05, 4.69) is 0 Å². The third-order valence-electron chi connectivity index (χ3n) is 5.79. The smallest absolute Gasteiger partial charge is 0.283 e. The first-order valence-electron chi connectivity index (χ1n) is 9.90. The Balaban J connectivity index is 1.76. The number of anilines is 1. The number of nitrogens with zero attached hydrogens (tertiary/aromatic N) is 3. The van der Waals surface area contributed by atoms with Gasteiger partial charge in [-0.05, 0) is 55.5 Å².